The Balaban J connectivity index is 1.55. The zero-order valence-electron chi connectivity index (χ0n) is 13.9. The third-order valence-electron chi connectivity index (χ3n) is 4.95. The molecular formula is C18H18N4O2S. The molecule has 0 spiro atoms. The lowest BCUT2D eigenvalue weighted by Gasteiger charge is -2.27. The minimum atomic E-state index is -0.373. The topological polar surface area (TPSA) is 72.2 Å². The summed E-state index contributed by atoms with van der Waals surface area (Å²) in [5, 5.41) is 11.0. The maximum absolute atomic E-state index is 11.0. The first-order valence-corrected chi connectivity index (χ1v) is 9.19. The minimum absolute atomic E-state index is 0.0780. The third kappa shape index (κ3) is 3.12. The van der Waals surface area contributed by atoms with Gasteiger partial charge in [-0.3, -0.25) is 20.0 Å². The van der Waals surface area contributed by atoms with Gasteiger partial charge in [0.1, 0.15) is 6.20 Å². The molecule has 0 unspecified atom stereocenters. The monoisotopic (exact) mass is 354 g/mol. The summed E-state index contributed by atoms with van der Waals surface area (Å²) in [6.45, 7) is 3.97. The Kier molecular flexibility index (Phi) is 4.19. The predicted octanol–water partition coefficient (Wildman–Crippen LogP) is 3.76. The number of benzene rings is 1. The van der Waals surface area contributed by atoms with Gasteiger partial charge in [-0.25, -0.2) is 4.98 Å². The molecule has 3 heterocycles. The lowest BCUT2D eigenvalue weighted by atomic mass is 10.1. The number of nitrogens with zero attached hydrogens (tertiary/aromatic N) is 4. The highest BCUT2D eigenvalue weighted by atomic mass is 32.1. The van der Waals surface area contributed by atoms with Crippen LogP contribution in [0.25, 0.3) is 10.2 Å². The van der Waals surface area contributed by atoms with E-state index in [4.69, 9.17) is 0 Å². The fourth-order valence-corrected chi connectivity index (χ4v) is 4.08. The maximum atomic E-state index is 11.0. The van der Waals surface area contributed by atoms with Gasteiger partial charge in [0.2, 0.25) is 0 Å². The third-order valence-corrected chi connectivity index (χ3v) is 5.75. The smallest absolute Gasteiger partial charge is 0.287 e. The molecule has 6 nitrogen and oxygen atoms in total. The summed E-state index contributed by atoms with van der Waals surface area (Å²) in [5.41, 5.74) is 6.23. The van der Waals surface area contributed by atoms with E-state index in [0.717, 1.165) is 42.7 Å². The van der Waals surface area contributed by atoms with Crippen LogP contribution in [0.3, 0.4) is 0 Å². The van der Waals surface area contributed by atoms with Crippen LogP contribution in [-0.2, 0) is 12.8 Å². The van der Waals surface area contributed by atoms with Crippen LogP contribution in [0.5, 0.6) is 0 Å². The van der Waals surface area contributed by atoms with E-state index < -0.39 is 0 Å². The number of rotatable bonds is 3. The Morgan fingerprint density at radius 3 is 2.92 bits per heavy atom. The lowest BCUT2D eigenvalue weighted by Crippen LogP contribution is -2.29. The molecule has 7 heteroatoms. The molecule has 25 heavy (non-hydrogen) atoms. The molecule has 0 N–H and O–H groups in total. The molecule has 0 radical (unpaired) electrons. The summed E-state index contributed by atoms with van der Waals surface area (Å²) in [6, 6.07) is 8.42. The van der Waals surface area contributed by atoms with Crippen LogP contribution >= 0.6 is 11.3 Å². The van der Waals surface area contributed by atoms with E-state index in [9.17, 15) is 10.1 Å². The highest BCUT2D eigenvalue weighted by Gasteiger charge is 2.22. The molecule has 4 rings (SSSR count). The Bertz CT molecular complexity index is 940. The molecule has 0 saturated carbocycles. The normalized spacial score (nSPS) is 16.4. The first-order valence-electron chi connectivity index (χ1n) is 8.31. The zero-order chi connectivity index (χ0) is 17.4. The fraction of sp³-hybridized carbons (Fsp3) is 0.333. The van der Waals surface area contributed by atoms with Gasteiger partial charge in [-0.2, -0.15) is 0 Å². The van der Waals surface area contributed by atoms with Gasteiger partial charge in [0.15, 0.2) is 0 Å². The molecule has 1 atom stereocenters. The molecule has 0 saturated heterocycles. The number of pyridine rings is 1. The molecule has 1 aromatic carbocycles. The van der Waals surface area contributed by atoms with Gasteiger partial charge in [0.25, 0.3) is 5.69 Å². The van der Waals surface area contributed by atoms with Crippen molar-refractivity contribution in [1.82, 2.24) is 14.9 Å². The fourth-order valence-electron chi connectivity index (χ4n) is 3.43. The van der Waals surface area contributed by atoms with E-state index in [1.165, 1.54) is 16.5 Å². The minimum Gasteiger partial charge on any atom is -0.296 e. The highest BCUT2D eigenvalue weighted by Crippen LogP contribution is 2.28. The molecule has 3 aromatic rings. The second-order valence-electron chi connectivity index (χ2n) is 6.35. The predicted molar refractivity (Wildman–Crippen MR) is 97.9 cm³/mol. The van der Waals surface area contributed by atoms with E-state index >= 15 is 0 Å². The summed E-state index contributed by atoms with van der Waals surface area (Å²) in [7, 11) is 0. The summed E-state index contributed by atoms with van der Waals surface area (Å²) in [4.78, 5) is 21.7. The SMILES string of the molecule is C[C@@H](c1ccc2scnc2c1)N1CCc2cc([N+](=O)[O-])cnc2CC1. The molecule has 0 aliphatic carbocycles. The molecule has 0 bridgehead atoms. The van der Waals surface area contributed by atoms with Crippen LogP contribution in [0, 0.1) is 10.1 Å². The summed E-state index contributed by atoms with van der Waals surface area (Å²) in [5.74, 6) is 0. The number of nitro groups is 1. The molecule has 1 aliphatic heterocycles. The van der Waals surface area contributed by atoms with Crippen LogP contribution in [0.1, 0.15) is 29.8 Å². The first kappa shape index (κ1) is 16.1. The number of thiazole rings is 1. The highest BCUT2D eigenvalue weighted by molar-refractivity contribution is 7.16. The van der Waals surface area contributed by atoms with Crippen molar-refractivity contribution in [2.45, 2.75) is 25.8 Å². The average molecular weight is 354 g/mol. The first-order chi connectivity index (χ1) is 12.1. The largest absolute Gasteiger partial charge is 0.296 e. The maximum Gasteiger partial charge on any atom is 0.287 e. The number of hydrogen-bond acceptors (Lipinski definition) is 6. The van der Waals surface area contributed by atoms with Crippen molar-refractivity contribution >= 4 is 27.2 Å². The van der Waals surface area contributed by atoms with Gasteiger partial charge >= 0.3 is 0 Å². The summed E-state index contributed by atoms with van der Waals surface area (Å²) < 4.78 is 1.20. The van der Waals surface area contributed by atoms with Crippen LogP contribution in [0.4, 0.5) is 5.69 Å². The van der Waals surface area contributed by atoms with Crippen LogP contribution in [0.2, 0.25) is 0 Å². The van der Waals surface area contributed by atoms with Crippen molar-refractivity contribution < 1.29 is 4.92 Å². The van der Waals surface area contributed by atoms with Crippen molar-refractivity contribution in [2.75, 3.05) is 13.1 Å². The Hall–Kier alpha value is -2.38. The Labute approximate surface area is 149 Å². The van der Waals surface area contributed by atoms with E-state index in [1.54, 1.807) is 17.4 Å². The van der Waals surface area contributed by atoms with E-state index in [-0.39, 0.29) is 16.7 Å². The van der Waals surface area contributed by atoms with Gasteiger partial charge < -0.3 is 0 Å². The zero-order valence-corrected chi connectivity index (χ0v) is 14.7. The Morgan fingerprint density at radius 1 is 1.24 bits per heavy atom. The van der Waals surface area contributed by atoms with E-state index in [0.29, 0.717) is 0 Å². The van der Waals surface area contributed by atoms with Crippen molar-refractivity contribution in [1.29, 1.82) is 0 Å². The summed E-state index contributed by atoms with van der Waals surface area (Å²) in [6.07, 6.45) is 2.97. The Morgan fingerprint density at radius 2 is 2.08 bits per heavy atom. The number of fused-ring (bicyclic) bond motifs is 2. The van der Waals surface area contributed by atoms with Crippen molar-refractivity contribution in [3.05, 3.63) is 62.9 Å². The second kappa shape index (κ2) is 6.50. The van der Waals surface area contributed by atoms with Crippen molar-refractivity contribution in [3.63, 3.8) is 0 Å². The van der Waals surface area contributed by atoms with Gasteiger partial charge in [-0.05, 0) is 36.6 Å². The van der Waals surface area contributed by atoms with Gasteiger partial charge in [0, 0.05) is 37.3 Å². The van der Waals surface area contributed by atoms with Crippen molar-refractivity contribution in [3.8, 4) is 0 Å². The molecule has 2 aromatic heterocycles. The standard InChI is InChI=1S/C18H18N4O2S/c1-12(13-2-3-18-17(9-13)20-11-25-18)21-6-4-14-8-15(22(23)24)10-19-16(14)5-7-21/h2-3,8-12H,4-7H2,1H3/t12-/m0/s1. The molecule has 1 aliphatic rings. The lowest BCUT2D eigenvalue weighted by molar-refractivity contribution is -0.385. The van der Waals surface area contributed by atoms with Crippen LogP contribution in [-0.4, -0.2) is 32.9 Å². The van der Waals surface area contributed by atoms with Gasteiger partial charge in [0.05, 0.1) is 20.7 Å². The average Bonchev–Trinajstić information content (AvgIpc) is 2.99. The quantitative estimate of drug-likeness (QED) is 0.529. The summed E-state index contributed by atoms with van der Waals surface area (Å²) >= 11 is 1.65. The van der Waals surface area contributed by atoms with Crippen molar-refractivity contribution in [2.24, 2.45) is 0 Å². The second-order valence-corrected chi connectivity index (χ2v) is 7.23. The van der Waals surface area contributed by atoms with Crippen LogP contribution in [0.15, 0.2) is 36.0 Å². The van der Waals surface area contributed by atoms with Crippen LogP contribution < -0.4 is 0 Å². The molecular weight excluding hydrogens is 336 g/mol. The van der Waals surface area contributed by atoms with Gasteiger partial charge in [-0.1, -0.05) is 6.07 Å². The number of hydrogen-bond donors (Lipinski definition) is 0. The van der Waals surface area contributed by atoms with E-state index in [2.05, 4.69) is 40.0 Å². The van der Waals surface area contributed by atoms with Gasteiger partial charge in [-0.15, -0.1) is 11.3 Å². The molecule has 0 amide bonds. The molecule has 128 valence electrons. The number of aromatic nitrogens is 2. The van der Waals surface area contributed by atoms with E-state index in [1.807, 2.05) is 5.51 Å². The molecule has 0 fully saturated rings.